The summed E-state index contributed by atoms with van der Waals surface area (Å²) in [6, 6.07) is 12.9. The van der Waals surface area contributed by atoms with Gasteiger partial charge in [0, 0.05) is 17.9 Å². The number of amides is 2. The van der Waals surface area contributed by atoms with Gasteiger partial charge in [-0.3, -0.25) is 0 Å². The first kappa shape index (κ1) is 18.3. The second kappa shape index (κ2) is 8.23. The molecule has 1 saturated heterocycles. The molecule has 7 heteroatoms. The molecule has 6 nitrogen and oxygen atoms in total. The maximum atomic E-state index is 12.9. The molecule has 0 spiro atoms. The molecule has 0 radical (unpaired) electrons. The second-order valence-corrected chi connectivity index (χ2v) is 6.82. The SMILES string of the molecule is COc1ccccc1NC(=O)N1CCS[C@@H]1c1cccc(OC)c1OC. The van der Waals surface area contributed by atoms with Gasteiger partial charge in [-0.1, -0.05) is 24.3 Å². The third kappa shape index (κ3) is 3.53. The van der Waals surface area contributed by atoms with Crippen molar-refractivity contribution in [1.29, 1.82) is 0 Å². The number of hydrogen-bond acceptors (Lipinski definition) is 5. The highest BCUT2D eigenvalue weighted by Gasteiger charge is 2.33. The third-order valence-corrected chi connectivity index (χ3v) is 5.44. The van der Waals surface area contributed by atoms with E-state index in [-0.39, 0.29) is 11.4 Å². The van der Waals surface area contributed by atoms with Gasteiger partial charge in [0.15, 0.2) is 11.5 Å². The van der Waals surface area contributed by atoms with E-state index in [1.807, 2.05) is 42.5 Å². The summed E-state index contributed by atoms with van der Waals surface area (Å²) < 4.78 is 16.2. The zero-order valence-electron chi connectivity index (χ0n) is 15.0. The first-order valence-electron chi connectivity index (χ1n) is 8.22. The maximum Gasteiger partial charge on any atom is 0.323 e. The number of carbonyl (C=O) groups is 1. The monoisotopic (exact) mass is 374 g/mol. The Bertz CT molecular complexity index is 784. The van der Waals surface area contributed by atoms with E-state index in [1.165, 1.54) is 0 Å². The highest BCUT2D eigenvalue weighted by Crippen LogP contribution is 2.45. The molecule has 26 heavy (non-hydrogen) atoms. The van der Waals surface area contributed by atoms with Crippen LogP contribution in [-0.4, -0.2) is 44.6 Å². The molecule has 3 rings (SSSR count). The lowest BCUT2D eigenvalue weighted by molar-refractivity contribution is 0.213. The van der Waals surface area contributed by atoms with Crippen LogP contribution >= 0.6 is 11.8 Å². The van der Waals surface area contributed by atoms with Crippen LogP contribution in [0.15, 0.2) is 42.5 Å². The number of para-hydroxylation sites is 3. The van der Waals surface area contributed by atoms with Crippen LogP contribution in [0.25, 0.3) is 0 Å². The molecule has 2 amide bonds. The standard InChI is InChI=1S/C19H22N2O4S/c1-23-15-9-5-4-8-14(15)20-19(22)21-11-12-26-18(21)13-7-6-10-16(24-2)17(13)25-3/h4-10,18H,11-12H2,1-3H3,(H,20,22)/t18-/m1/s1. The highest BCUT2D eigenvalue weighted by molar-refractivity contribution is 7.99. The van der Waals surface area contributed by atoms with Crippen LogP contribution in [0.2, 0.25) is 0 Å². The molecule has 0 saturated carbocycles. The van der Waals surface area contributed by atoms with E-state index in [1.54, 1.807) is 38.0 Å². The van der Waals surface area contributed by atoms with E-state index in [0.29, 0.717) is 29.5 Å². The van der Waals surface area contributed by atoms with Gasteiger partial charge in [0.1, 0.15) is 11.1 Å². The molecule has 1 N–H and O–H groups in total. The van der Waals surface area contributed by atoms with Crippen LogP contribution in [-0.2, 0) is 0 Å². The van der Waals surface area contributed by atoms with Crippen molar-refractivity contribution in [3.8, 4) is 17.2 Å². The summed E-state index contributed by atoms with van der Waals surface area (Å²) in [5.41, 5.74) is 1.57. The van der Waals surface area contributed by atoms with Gasteiger partial charge in [-0.05, 0) is 18.2 Å². The lowest BCUT2D eigenvalue weighted by atomic mass is 10.1. The van der Waals surface area contributed by atoms with Crippen molar-refractivity contribution in [2.75, 3.05) is 38.9 Å². The summed E-state index contributed by atoms with van der Waals surface area (Å²) in [4.78, 5) is 14.7. The van der Waals surface area contributed by atoms with Crippen LogP contribution in [0.1, 0.15) is 10.9 Å². The topological polar surface area (TPSA) is 60.0 Å². The fourth-order valence-electron chi connectivity index (χ4n) is 2.98. The largest absolute Gasteiger partial charge is 0.495 e. The zero-order chi connectivity index (χ0) is 18.5. The van der Waals surface area contributed by atoms with Gasteiger partial charge in [0.05, 0.1) is 27.0 Å². The number of carbonyl (C=O) groups excluding carboxylic acids is 1. The lowest BCUT2D eigenvalue weighted by Gasteiger charge is -2.26. The highest BCUT2D eigenvalue weighted by atomic mass is 32.2. The molecule has 2 aromatic carbocycles. The van der Waals surface area contributed by atoms with E-state index >= 15 is 0 Å². The number of nitrogens with one attached hydrogen (secondary N) is 1. The smallest absolute Gasteiger partial charge is 0.323 e. The number of anilines is 1. The van der Waals surface area contributed by atoms with Crippen LogP contribution in [0.5, 0.6) is 17.2 Å². The minimum atomic E-state index is -0.172. The molecule has 1 atom stereocenters. The lowest BCUT2D eigenvalue weighted by Crippen LogP contribution is -2.34. The molecule has 1 fully saturated rings. The molecule has 0 bridgehead atoms. The molecule has 0 aliphatic carbocycles. The van der Waals surface area contributed by atoms with Crippen molar-refractivity contribution in [1.82, 2.24) is 4.90 Å². The minimum absolute atomic E-state index is 0.144. The quantitative estimate of drug-likeness (QED) is 0.857. The van der Waals surface area contributed by atoms with E-state index in [0.717, 1.165) is 11.3 Å². The van der Waals surface area contributed by atoms with Crippen LogP contribution in [0.3, 0.4) is 0 Å². The molecule has 1 heterocycles. The molecular weight excluding hydrogens is 352 g/mol. The first-order chi connectivity index (χ1) is 12.7. The fourth-order valence-corrected chi connectivity index (χ4v) is 4.25. The Hall–Kier alpha value is -2.54. The zero-order valence-corrected chi connectivity index (χ0v) is 15.8. The average Bonchev–Trinajstić information content (AvgIpc) is 3.17. The number of urea groups is 1. The predicted molar refractivity (Wildman–Crippen MR) is 103 cm³/mol. The predicted octanol–water partition coefficient (Wildman–Crippen LogP) is 3.99. The van der Waals surface area contributed by atoms with E-state index in [2.05, 4.69) is 5.32 Å². The number of ether oxygens (including phenoxy) is 3. The van der Waals surface area contributed by atoms with Gasteiger partial charge in [-0.25, -0.2) is 4.79 Å². The Balaban J connectivity index is 1.86. The minimum Gasteiger partial charge on any atom is -0.495 e. The van der Waals surface area contributed by atoms with Crippen molar-refractivity contribution < 1.29 is 19.0 Å². The molecule has 0 unspecified atom stereocenters. The molecule has 1 aliphatic heterocycles. The molecular formula is C19H22N2O4S. The van der Waals surface area contributed by atoms with Gasteiger partial charge in [0.2, 0.25) is 0 Å². The van der Waals surface area contributed by atoms with Crippen molar-refractivity contribution in [2.45, 2.75) is 5.37 Å². The summed E-state index contributed by atoms with van der Waals surface area (Å²) in [6.07, 6.45) is 0. The number of nitrogens with zero attached hydrogens (tertiary/aromatic N) is 1. The van der Waals surface area contributed by atoms with Gasteiger partial charge < -0.3 is 24.4 Å². The average molecular weight is 374 g/mol. The summed E-state index contributed by atoms with van der Waals surface area (Å²) in [7, 11) is 4.80. The van der Waals surface area contributed by atoms with Gasteiger partial charge in [0.25, 0.3) is 0 Å². The number of benzene rings is 2. The van der Waals surface area contributed by atoms with Crippen LogP contribution < -0.4 is 19.5 Å². The first-order valence-corrected chi connectivity index (χ1v) is 9.27. The Morgan fingerprint density at radius 1 is 1.04 bits per heavy atom. The summed E-state index contributed by atoms with van der Waals surface area (Å²) in [5.74, 6) is 2.79. The molecule has 1 aliphatic rings. The summed E-state index contributed by atoms with van der Waals surface area (Å²) in [5, 5.41) is 2.80. The van der Waals surface area contributed by atoms with E-state index in [9.17, 15) is 4.79 Å². The maximum absolute atomic E-state index is 12.9. The Labute approximate surface area is 157 Å². The number of rotatable bonds is 5. The van der Waals surface area contributed by atoms with Gasteiger partial charge in [-0.15, -0.1) is 11.8 Å². The van der Waals surface area contributed by atoms with Crippen molar-refractivity contribution in [2.24, 2.45) is 0 Å². The summed E-state index contributed by atoms with van der Waals surface area (Å²) >= 11 is 1.70. The second-order valence-electron chi connectivity index (χ2n) is 5.63. The van der Waals surface area contributed by atoms with Crippen molar-refractivity contribution >= 4 is 23.5 Å². The number of thioether (sulfide) groups is 1. The Morgan fingerprint density at radius 3 is 2.50 bits per heavy atom. The number of methoxy groups -OCH3 is 3. The van der Waals surface area contributed by atoms with Crippen molar-refractivity contribution in [3.63, 3.8) is 0 Å². The normalized spacial score (nSPS) is 16.3. The molecule has 0 aromatic heterocycles. The Morgan fingerprint density at radius 2 is 1.77 bits per heavy atom. The van der Waals surface area contributed by atoms with Crippen LogP contribution in [0.4, 0.5) is 10.5 Å². The fraction of sp³-hybridized carbons (Fsp3) is 0.316. The van der Waals surface area contributed by atoms with Gasteiger partial charge >= 0.3 is 6.03 Å². The van der Waals surface area contributed by atoms with E-state index < -0.39 is 0 Å². The third-order valence-electron chi connectivity index (χ3n) is 4.20. The van der Waals surface area contributed by atoms with Gasteiger partial charge in [-0.2, -0.15) is 0 Å². The molecule has 138 valence electrons. The Kier molecular flexibility index (Phi) is 5.78. The van der Waals surface area contributed by atoms with Crippen molar-refractivity contribution in [3.05, 3.63) is 48.0 Å². The number of hydrogen-bond donors (Lipinski definition) is 1. The van der Waals surface area contributed by atoms with Crippen LogP contribution in [0, 0.1) is 0 Å². The summed E-state index contributed by atoms with van der Waals surface area (Å²) in [6.45, 7) is 0.649. The van der Waals surface area contributed by atoms with E-state index in [4.69, 9.17) is 14.2 Å². The molecule has 2 aromatic rings.